The number of amides is 2. The number of carbonyl (C=O) groups is 2. The molecule has 0 aliphatic carbocycles. The molecule has 6 nitrogen and oxygen atoms in total. The maximum Gasteiger partial charge on any atom is 0.253 e. The van der Waals surface area contributed by atoms with Crippen molar-refractivity contribution in [3.8, 4) is 6.07 Å². The van der Waals surface area contributed by atoms with Crippen LogP contribution in [0, 0.1) is 11.3 Å². The highest BCUT2D eigenvalue weighted by molar-refractivity contribution is 8.01. The third kappa shape index (κ3) is 3.83. The number of hydrogen-bond acceptors (Lipinski definition) is 5. The minimum absolute atomic E-state index is 0.0214. The van der Waals surface area contributed by atoms with Crippen molar-refractivity contribution in [2.45, 2.75) is 30.1 Å². The van der Waals surface area contributed by atoms with Crippen molar-refractivity contribution in [1.82, 2.24) is 9.80 Å². The summed E-state index contributed by atoms with van der Waals surface area (Å²) in [6.07, 6.45) is 3.15. The van der Waals surface area contributed by atoms with Gasteiger partial charge in [0.2, 0.25) is 5.91 Å². The van der Waals surface area contributed by atoms with Crippen LogP contribution in [-0.2, 0) is 9.53 Å². The van der Waals surface area contributed by atoms with Gasteiger partial charge in [0.05, 0.1) is 22.5 Å². The molecule has 0 radical (unpaired) electrons. The van der Waals surface area contributed by atoms with E-state index in [4.69, 9.17) is 10.00 Å². The minimum atomic E-state index is -0.0214. The summed E-state index contributed by atoms with van der Waals surface area (Å²) in [4.78, 5) is 28.4. The molecule has 7 heteroatoms. The van der Waals surface area contributed by atoms with Crippen LogP contribution in [0.5, 0.6) is 0 Å². The molecule has 142 valence electrons. The Bertz CT molecular complexity index is 779. The molecule has 3 heterocycles. The van der Waals surface area contributed by atoms with Gasteiger partial charge in [-0.2, -0.15) is 5.26 Å². The Hall–Kier alpha value is -2.04. The van der Waals surface area contributed by atoms with Gasteiger partial charge in [-0.15, -0.1) is 11.8 Å². The van der Waals surface area contributed by atoms with Crippen molar-refractivity contribution in [2.75, 3.05) is 38.5 Å². The number of carbonyl (C=O) groups excluding carboxylic acids is 2. The Morgan fingerprint density at radius 1 is 1.26 bits per heavy atom. The molecular formula is C20H23N3O3S. The summed E-state index contributed by atoms with van der Waals surface area (Å²) in [6.45, 7) is 3.29. The van der Waals surface area contributed by atoms with E-state index in [-0.39, 0.29) is 29.3 Å². The number of likely N-dealkylation sites (tertiary alicyclic amines) is 2. The molecule has 1 aromatic carbocycles. The fourth-order valence-corrected chi connectivity index (χ4v) is 5.63. The van der Waals surface area contributed by atoms with Gasteiger partial charge in [-0.05, 0) is 37.5 Å². The topological polar surface area (TPSA) is 73.6 Å². The number of rotatable bonds is 4. The molecule has 0 saturated carbocycles. The summed E-state index contributed by atoms with van der Waals surface area (Å²) in [6, 6.07) is 8.92. The van der Waals surface area contributed by atoms with Gasteiger partial charge in [-0.3, -0.25) is 9.59 Å². The van der Waals surface area contributed by atoms with E-state index >= 15 is 0 Å². The van der Waals surface area contributed by atoms with E-state index in [0.717, 1.165) is 38.1 Å². The Balaban J connectivity index is 1.25. The molecule has 1 aromatic rings. The zero-order valence-electron chi connectivity index (χ0n) is 15.2. The molecule has 1 spiro atoms. The molecule has 3 saturated heterocycles. The standard InChI is InChI=1S/C20H23N3O3S/c21-10-15-4-3-5-16(8-15)19(25)23-13-20(14-23)9-17(12-27-20)26-11-18(24)22-6-1-2-7-22/h3-5,8,17H,1-2,6-7,9,11-14H2/t17-/m1/s1. The van der Waals surface area contributed by atoms with Gasteiger partial charge in [0.15, 0.2) is 0 Å². The average Bonchev–Trinajstić information content (AvgIpc) is 3.34. The quantitative estimate of drug-likeness (QED) is 0.791. The number of benzene rings is 1. The lowest BCUT2D eigenvalue weighted by atomic mass is 9.92. The lowest BCUT2D eigenvalue weighted by Gasteiger charge is -2.47. The van der Waals surface area contributed by atoms with Crippen LogP contribution in [0.15, 0.2) is 24.3 Å². The van der Waals surface area contributed by atoms with E-state index in [1.54, 1.807) is 24.3 Å². The van der Waals surface area contributed by atoms with E-state index in [9.17, 15) is 9.59 Å². The normalized spacial score (nSPS) is 23.3. The monoisotopic (exact) mass is 385 g/mol. The van der Waals surface area contributed by atoms with E-state index in [2.05, 4.69) is 6.07 Å². The van der Waals surface area contributed by atoms with Gasteiger partial charge in [0, 0.05) is 37.5 Å². The van der Waals surface area contributed by atoms with Gasteiger partial charge >= 0.3 is 0 Å². The van der Waals surface area contributed by atoms with Crippen molar-refractivity contribution in [3.63, 3.8) is 0 Å². The van der Waals surface area contributed by atoms with Crippen LogP contribution >= 0.6 is 11.8 Å². The first kappa shape index (κ1) is 18.3. The van der Waals surface area contributed by atoms with Crippen LogP contribution in [0.3, 0.4) is 0 Å². The van der Waals surface area contributed by atoms with Crippen LogP contribution in [0.25, 0.3) is 0 Å². The molecule has 0 aromatic heterocycles. The summed E-state index contributed by atoms with van der Waals surface area (Å²) >= 11 is 1.85. The summed E-state index contributed by atoms with van der Waals surface area (Å²) in [5.41, 5.74) is 1.07. The van der Waals surface area contributed by atoms with Gasteiger partial charge in [-0.1, -0.05) is 6.07 Å². The van der Waals surface area contributed by atoms with Crippen LogP contribution in [0.2, 0.25) is 0 Å². The maximum absolute atomic E-state index is 12.6. The van der Waals surface area contributed by atoms with E-state index in [1.807, 2.05) is 21.6 Å². The maximum atomic E-state index is 12.6. The Kier molecular flexibility index (Phi) is 5.11. The molecule has 3 aliphatic rings. The summed E-state index contributed by atoms with van der Waals surface area (Å²) in [7, 11) is 0. The molecule has 0 bridgehead atoms. The largest absolute Gasteiger partial charge is 0.367 e. The molecule has 2 amide bonds. The van der Waals surface area contributed by atoms with E-state index < -0.39 is 0 Å². The zero-order valence-corrected chi connectivity index (χ0v) is 16.0. The van der Waals surface area contributed by atoms with Crippen LogP contribution in [0.1, 0.15) is 35.2 Å². The summed E-state index contributed by atoms with van der Waals surface area (Å²) in [5, 5.41) is 8.99. The van der Waals surface area contributed by atoms with Crippen molar-refractivity contribution >= 4 is 23.6 Å². The van der Waals surface area contributed by atoms with E-state index in [1.165, 1.54) is 0 Å². The fourth-order valence-electron chi connectivity index (χ4n) is 4.07. The number of thioether (sulfide) groups is 1. The molecule has 3 aliphatic heterocycles. The summed E-state index contributed by atoms with van der Waals surface area (Å²) in [5.74, 6) is 0.951. The molecule has 0 unspecified atom stereocenters. The number of nitriles is 1. The molecule has 27 heavy (non-hydrogen) atoms. The molecule has 1 atom stereocenters. The highest BCUT2D eigenvalue weighted by Gasteiger charge is 2.51. The van der Waals surface area contributed by atoms with Gasteiger partial charge in [0.25, 0.3) is 5.91 Å². The highest BCUT2D eigenvalue weighted by atomic mass is 32.2. The second kappa shape index (κ2) is 7.53. The molecular weight excluding hydrogens is 362 g/mol. The van der Waals surface area contributed by atoms with Gasteiger partial charge < -0.3 is 14.5 Å². The fraction of sp³-hybridized carbons (Fsp3) is 0.550. The highest BCUT2D eigenvalue weighted by Crippen LogP contribution is 2.46. The zero-order chi connectivity index (χ0) is 18.9. The predicted molar refractivity (Wildman–Crippen MR) is 102 cm³/mol. The van der Waals surface area contributed by atoms with Crippen LogP contribution in [0.4, 0.5) is 0 Å². The average molecular weight is 385 g/mol. The first-order valence-corrected chi connectivity index (χ1v) is 10.4. The van der Waals surface area contributed by atoms with Crippen LogP contribution in [-0.4, -0.2) is 71.0 Å². The van der Waals surface area contributed by atoms with Crippen molar-refractivity contribution in [1.29, 1.82) is 5.26 Å². The van der Waals surface area contributed by atoms with E-state index in [0.29, 0.717) is 24.2 Å². The van der Waals surface area contributed by atoms with Crippen molar-refractivity contribution in [2.24, 2.45) is 0 Å². The second-order valence-corrected chi connectivity index (χ2v) is 9.06. The van der Waals surface area contributed by atoms with Gasteiger partial charge in [0.1, 0.15) is 6.61 Å². The first-order valence-electron chi connectivity index (χ1n) is 9.41. The Morgan fingerprint density at radius 3 is 2.78 bits per heavy atom. The first-order chi connectivity index (χ1) is 13.1. The Morgan fingerprint density at radius 2 is 2.04 bits per heavy atom. The van der Waals surface area contributed by atoms with Crippen LogP contribution < -0.4 is 0 Å². The number of nitrogens with zero attached hydrogens (tertiary/aromatic N) is 3. The smallest absolute Gasteiger partial charge is 0.253 e. The SMILES string of the molecule is N#Cc1cccc(C(=O)N2CC3(C[C@@H](OCC(=O)N4CCCC4)CS3)C2)c1. The second-order valence-electron chi connectivity index (χ2n) is 7.57. The van der Waals surface area contributed by atoms with Gasteiger partial charge in [-0.25, -0.2) is 0 Å². The lowest BCUT2D eigenvalue weighted by Crippen LogP contribution is -2.60. The molecule has 4 rings (SSSR count). The van der Waals surface area contributed by atoms with Crippen molar-refractivity contribution in [3.05, 3.63) is 35.4 Å². The third-order valence-electron chi connectivity index (χ3n) is 5.56. The minimum Gasteiger partial charge on any atom is -0.367 e. The number of ether oxygens (including phenoxy) is 1. The molecule has 0 N–H and O–H groups in total. The lowest BCUT2D eigenvalue weighted by molar-refractivity contribution is -0.136. The molecule has 3 fully saturated rings. The Labute approximate surface area is 163 Å². The summed E-state index contributed by atoms with van der Waals surface area (Å²) < 4.78 is 5.93. The predicted octanol–water partition coefficient (Wildman–Crippen LogP) is 1.90. The number of hydrogen-bond donors (Lipinski definition) is 0. The third-order valence-corrected chi connectivity index (χ3v) is 7.14. The van der Waals surface area contributed by atoms with Crippen molar-refractivity contribution < 1.29 is 14.3 Å².